The van der Waals surface area contributed by atoms with Crippen molar-refractivity contribution in [1.82, 2.24) is 0 Å². The van der Waals surface area contributed by atoms with E-state index in [2.05, 4.69) is 20.7 Å². The number of hydrogen-bond donors (Lipinski definition) is 1. The molecule has 1 fully saturated rings. The minimum atomic E-state index is -4.69. The van der Waals surface area contributed by atoms with Gasteiger partial charge in [0.25, 0.3) is 0 Å². The van der Waals surface area contributed by atoms with Crippen LogP contribution < -0.4 is 10.5 Å². The summed E-state index contributed by atoms with van der Waals surface area (Å²) >= 11 is 3.23. The first-order valence-corrected chi connectivity index (χ1v) is 6.45. The summed E-state index contributed by atoms with van der Waals surface area (Å²) in [5, 5.41) is 0. The van der Waals surface area contributed by atoms with Crippen LogP contribution in [0, 0.1) is 5.92 Å². The third kappa shape index (κ3) is 5.20. The summed E-state index contributed by atoms with van der Waals surface area (Å²) in [5.41, 5.74) is 6.35. The molecule has 0 aliphatic heterocycles. The van der Waals surface area contributed by atoms with Crippen LogP contribution in [0.15, 0.2) is 22.7 Å². The van der Waals surface area contributed by atoms with E-state index in [1.165, 1.54) is 12.1 Å². The van der Waals surface area contributed by atoms with Gasteiger partial charge < -0.3 is 10.5 Å². The van der Waals surface area contributed by atoms with Crippen LogP contribution in [0.5, 0.6) is 5.75 Å². The van der Waals surface area contributed by atoms with Gasteiger partial charge >= 0.3 is 6.36 Å². The molecule has 0 amide bonds. The average molecular weight is 361 g/mol. The largest absolute Gasteiger partial charge is 0.573 e. The third-order valence-electron chi connectivity index (χ3n) is 2.88. The summed E-state index contributed by atoms with van der Waals surface area (Å²) in [4.78, 5) is 0. The molecule has 2 nitrogen and oxygen atoms in total. The summed E-state index contributed by atoms with van der Waals surface area (Å²) in [5.74, 6) is 0.330. The van der Waals surface area contributed by atoms with E-state index in [1.54, 1.807) is 6.07 Å². The lowest BCUT2D eigenvalue weighted by atomic mass is 10.0. The van der Waals surface area contributed by atoms with Crippen LogP contribution in [-0.4, -0.2) is 6.36 Å². The summed E-state index contributed by atoms with van der Waals surface area (Å²) < 4.78 is 41.6. The van der Waals surface area contributed by atoms with E-state index in [9.17, 15) is 13.2 Å². The van der Waals surface area contributed by atoms with Gasteiger partial charge in [0, 0.05) is 16.1 Å². The van der Waals surface area contributed by atoms with Crippen LogP contribution in [0.2, 0.25) is 0 Å². The van der Waals surface area contributed by atoms with E-state index in [0.717, 1.165) is 12.8 Å². The Hall–Kier alpha value is -0.460. The van der Waals surface area contributed by atoms with Crippen LogP contribution in [-0.2, 0) is 0 Å². The molecule has 19 heavy (non-hydrogen) atoms. The van der Waals surface area contributed by atoms with E-state index >= 15 is 0 Å². The molecule has 1 atom stereocenters. The van der Waals surface area contributed by atoms with E-state index in [4.69, 9.17) is 5.73 Å². The van der Waals surface area contributed by atoms with Crippen molar-refractivity contribution in [3.05, 3.63) is 28.2 Å². The Morgan fingerprint density at radius 1 is 1.37 bits per heavy atom. The van der Waals surface area contributed by atoms with Gasteiger partial charge in [-0.2, -0.15) is 0 Å². The third-order valence-corrected chi connectivity index (χ3v) is 3.37. The van der Waals surface area contributed by atoms with Gasteiger partial charge in [-0.15, -0.1) is 25.6 Å². The molecule has 0 aromatic heterocycles. The van der Waals surface area contributed by atoms with Crippen molar-refractivity contribution in [1.29, 1.82) is 0 Å². The maximum atomic E-state index is 12.3. The summed E-state index contributed by atoms with van der Waals surface area (Å²) in [6.45, 7) is 0. The zero-order valence-electron chi connectivity index (χ0n) is 9.91. The van der Waals surface area contributed by atoms with Crippen molar-refractivity contribution >= 4 is 28.3 Å². The Morgan fingerprint density at radius 3 is 2.53 bits per heavy atom. The highest BCUT2D eigenvalue weighted by atomic mass is 79.9. The second-order valence-electron chi connectivity index (χ2n) is 4.52. The lowest BCUT2D eigenvalue weighted by molar-refractivity contribution is -0.275. The monoisotopic (exact) mass is 359 g/mol. The zero-order valence-corrected chi connectivity index (χ0v) is 12.3. The molecule has 0 heterocycles. The van der Waals surface area contributed by atoms with Crippen LogP contribution in [0.25, 0.3) is 0 Å². The SMILES string of the molecule is Cl.N[C@@H](CC1CC1)c1cc(Br)ccc1OC(F)(F)F. The van der Waals surface area contributed by atoms with Gasteiger partial charge in [0.2, 0.25) is 0 Å². The molecule has 2 N–H and O–H groups in total. The fourth-order valence-corrected chi connectivity index (χ4v) is 2.25. The maximum absolute atomic E-state index is 12.3. The quantitative estimate of drug-likeness (QED) is 0.853. The Kier molecular flexibility index (Phi) is 5.53. The number of hydrogen-bond acceptors (Lipinski definition) is 2. The van der Waals surface area contributed by atoms with Crippen molar-refractivity contribution in [2.24, 2.45) is 11.7 Å². The van der Waals surface area contributed by atoms with Gasteiger partial charge in [-0.25, -0.2) is 0 Å². The lowest BCUT2D eigenvalue weighted by Gasteiger charge is -2.18. The second-order valence-corrected chi connectivity index (χ2v) is 5.43. The highest BCUT2D eigenvalue weighted by Crippen LogP contribution is 2.40. The maximum Gasteiger partial charge on any atom is 0.573 e. The molecule has 0 saturated heterocycles. The molecule has 1 saturated carbocycles. The van der Waals surface area contributed by atoms with Crippen molar-refractivity contribution in [3.8, 4) is 5.75 Å². The van der Waals surface area contributed by atoms with Crippen molar-refractivity contribution < 1.29 is 17.9 Å². The first-order valence-electron chi connectivity index (χ1n) is 5.66. The Labute approximate surface area is 124 Å². The number of rotatable bonds is 4. The molecule has 1 aliphatic rings. The van der Waals surface area contributed by atoms with Crippen molar-refractivity contribution in [3.63, 3.8) is 0 Å². The molecule has 1 aliphatic carbocycles. The van der Waals surface area contributed by atoms with Gasteiger partial charge in [-0.3, -0.25) is 0 Å². The topological polar surface area (TPSA) is 35.2 Å². The molecular weight excluding hydrogens is 346 g/mol. The van der Waals surface area contributed by atoms with Crippen molar-refractivity contribution in [2.75, 3.05) is 0 Å². The number of alkyl halides is 3. The normalized spacial score (nSPS) is 16.7. The van der Waals surface area contributed by atoms with Gasteiger partial charge in [0.15, 0.2) is 0 Å². The molecule has 108 valence electrons. The standard InChI is InChI=1S/C12H13BrF3NO.ClH/c13-8-3-4-11(18-12(14,15)16)9(6-8)10(17)5-7-1-2-7;/h3-4,6-7,10H,1-2,5,17H2;1H/t10-;/m0./s1. The first kappa shape index (κ1) is 16.6. The van der Waals surface area contributed by atoms with Gasteiger partial charge in [-0.1, -0.05) is 28.8 Å². The summed E-state index contributed by atoms with van der Waals surface area (Å²) in [6, 6.07) is 3.97. The lowest BCUT2D eigenvalue weighted by Crippen LogP contribution is -2.20. The van der Waals surface area contributed by atoms with Gasteiger partial charge in [0.05, 0.1) is 0 Å². The number of benzene rings is 1. The highest BCUT2D eigenvalue weighted by Gasteiger charge is 2.33. The van der Waals surface area contributed by atoms with Crippen LogP contribution in [0.3, 0.4) is 0 Å². The zero-order chi connectivity index (χ0) is 13.3. The van der Waals surface area contributed by atoms with E-state index in [-0.39, 0.29) is 18.2 Å². The molecule has 0 spiro atoms. The molecule has 1 aromatic rings. The number of ether oxygens (including phenoxy) is 1. The highest BCUT2D eigenvalue weighted by molar-refractivity contribution is 9.10. The summed E-state index contributed by atoms with van der Waals surface area (Å²) in [7, 11) is 0. The van der Waals surface area contributed by atoms with E-state index in [0.29, 0.717) is 22.4 Å². The van der Waals surface area contributed by atoms with Crippen LogP contribution in [0.4, 0.5) is 13.2 Å². The predicted molar refractivity (Wildman–Crippen MR) is 72.3 cm³/mol. The second kappa shape index (κ2) is 6.33. The van der Waals surface area contributed by atoms with E-state index < -0.39 is 12.4 Å². The number of nitrogens with two attached hydrogens (primary N) is 1. The van der Waals surface area contributed by atoms with Crippen molar-refractivity contribution in [2.45, 2.75) is 31.7 Å². The Bertz CT molecular complexity index is 437. The fourth-order valence-electron chi connectivity index (χ4n) is 1.87. The molecule has 0 bridgehead atoms. The molecule has 0 unspecified atom stereocenters. The Balaban J connectivity index is 0.00000180. The van der Waals surface area contributed by atoms with E-state index in [1.807, 2.05) is 0 Å². The molecule has 1 aromatic carbocycles. The molecule has 7 heteroatoms. The minimum Gasteiger partial charge on any atom is -0.405 e. The molecule has 2 rings (SSSR count). The smallest absolute Gasteiger partial charge is 0.405 e. The number of halogens is 5. The van der Waals surface area contributed by atoms with Gasteiger partial charge in [0.1, 0.15) is 5.75 Å². The average Bonchev–Trinajstić information content (AvgIpc) is 3.02. The fraction of sp³-hybridized carbons (Fsp3) is 0.500. The predicted octanol–water partition coefficient (Wildman–Crippen LogP) is 4.57. The minimum absolute atomic E-state index is 0. The first-order chi connectivity index (χ1) is 8.35. The Morgan fingerprint density at radius 2 is 2.00 bits per heavy atom. The summed E-state index contributed by atoms with van der Waals surface area (Å²) in [6.07, 6.45) is -1.78. The van der Waals surface area contributed by atoms with Crippen LogP contribution in [0.1, 0.15) is 30.9 Å². The van der Waals surface area contributed by atoms with Gasteiger partial charge in [-0.05, 0) is 30.5 Å². The molecule has 0 radical (unpaired) electrons. The van der Waals surface area contributed by atoms with Crippen LogP contribution >= 0.6 is 28.3 Å². The molecular formula is C12H14BrClF3NO.